The SMILES string of the molecule is C=CCOC(=O)O[C@H](C)[C@H]1C(=O)N2C(C(=O)OCC=C)=C(c3ccc(C=O)cc3)C[C@H]12. The summed E-state index contributed by atoms with van der Waals surface area (Å²) in [5.41, 5.74) is 1.99. The highest BCUT2D eigenvalue weighted by molar-refractivity contribution is 6.07. The average molecular weight is 425 g/mol. The molecule has 0 unspecified atom stereocenters. The quantitative estimate of drug-likeness (QED) is 0.260. The number of fused-ring (bicyclic) bond motifs is 1. The zero-order valence-corrected chi connectivity index (χ0v) is 17.1. The number of benzene rings is 1. The van der Waals surface area contributed by atoms with Crippen LogP contribution in [-0.2, 0) is 23.8 Å². The molecule has 8 nitrogen and oxygen atoms in total. The van der Waals surface area contributed by atoms with Crippen LogP contribution in [0.25, 0.3) is 5.57 Å². The second-order valence-corrected chi connectivity index (χ2v) is 7.13. The zero-order chi connectivity index (χ0) is 22.5. The number of carbonyl (C=O) groups excluding carboxylic acids is 4. The van der Waals surface area contributed by atoms with Crippen LogP contribution in [0.15, 0.2) is 55.3 Å². The van der Waals surface area contributed by atoms with Crippen LogP contribution in [0, 0.1) is 5.92 Å². The maximum absolute atomic E-state index is 12.9. The van der Waals surface area contributed by atoms with Crippen molar-refractivity contribution in [3.63, 3.8) is 0 Å². The minimum atomic E-state index is -0.889. The molecule has 1 amide bonds. The van der Waals surface area contributed by atoms with Gasteiger partial charge in [0, 0.05) is 5.56 Å². The van der Waals surface area contributed by atoms with Crippen molar-refractivity contribution >= 4 is 29.9 Å². The normalized spacial score (nSPS) is 20.3. The molecule has 0 aromatic heterocycles. The fourth-order valence-corrected chi connectivity index (χ4v) is 3.85. The Morgan fingerprint density at radius 2 is 1.81 bits per heavy atom. The van der Waals surface area contributed by atoms with Gasteiger partial charge in [0.15, 0.2) is 0 Å². The molecule has 0 aliphatic carbocycles. The van der Waals surface area contributed by atoms with E-state index in [0.29, 0.717) is 23.1 Å². The van der Waals surface area contributed by atoms with Gasteiger partial charge in [-0.2, -0.15) is 0 Å². The van der Waals surface area contributed by atoms with E-state index < -0.39 is 24.1 Å². The number of esters is 1. The van der Waals surface area contributed by atoms with Crippen molar-refractivity contribution in [3.05, 3.63) is 66.4 Å². The molecule has 0 saturated carbocycles. The Balaban J connectivity index is 1.85. The summed E-state index contributed by atoms with van der Waals surface area (Å²) < 4.78 is 15.2. The van der Waals surface area contributed by atoms with Crippen LogP contribution in [0.5, 0.6) is 0 Å². The van der Waals surface area contributed by atoms with Crippen molar-refractivity contribution < 1.29 is 33.4 Å². The molecule has 2 heterocycles. The van der Waals surface area contributed by atoms with E-state index in [-0.39, 0.29) is 30.9 Å². The van der Waals surface area contributed by atoms with Crippen LogP contribution in [0.2, 0.25) is 0 Å². The van der Waals surface area contributed by atoms with E-state index in [1.165, 1.54) is 17.1 Å². The van der Waals surface area contributed by atoms with Crippen LogP contribution >= 0.6 is 0 Å². The van der Waals surface area contributed by atoms with E-state index in [2.05, 4.69) is 13.2 Å². The summed E-state index contributed by atoms with van der Waals surface area (Å²) in [4.78, 5) is 49.7. The van der Waals surface area contributed by atoms with Crippen molar-refractivity contribution in [3.8, 4) is 0 Å². The Kier molecular flexibility index (Phi) is 6.69. The Bertz CT molecular complexity index is 947. The molecule has 31 heavy (non-hydrogen) atoms. The maximum atomic E-state index is 12.9. The molecule has 1 aromatic carbocycles. The van der Waals surface area contributed by atoms with Gasteiger partial charge in [-0.3, -0.25) is 9.59 Å². The van der Waals surface area contributed by atoms with Gasteiger partial charge in [0.05, 0.1) is 12.0 Å². The molecule has 2 aliphatic rings. The van der Waals surface area contributed by atoms with Gasteiger partial charge in [-0.1, -0.05) is 49.6 Å². The smallest absolute Gasteiger partial charge is 0.457 e. The molecule has 0 radical (unpaired) electrons. The van der Waals surface area contributed by atoms with Crippen LogP contribution in [0.3, 0.4) is 0 Å². The maximum Gasteiger partial charge on any atom is 0.508 e. The van der Waals surface area contributed by atoms with Crippen molar-refractivity contribution in [2.75, 3.05) is 13.2 Å². The number of carbonyl (C=O) groups is 4. The Labute approximate surface area is 179 Å². The monoisotopic (exact) mass is 425 g/mol. The first kappa shape index (κ1) is 22.0. The van der Waals surface area contributed by atoms with Gasteiger partial charge in [0.25, 0.3) is 0 Å². The lowest BCUT2D eigenvalue weighted by atomic mass is 9.82. The molecule has 162 valence electrons. The highest BCUT2D eigenvalue weighted by Gasteiger charge is 2.58. The number of aldehydes is 1. The number of ether oxygens (including phenoxy) is 3. The Morgan fingerprint density at radius 3 is 2.42 bits per heavy atom. The van der Waals surface area contributed by atoms with E-state index >= 15 is 0 Å². The number of rotatable bonds is 9. The molecular formula is C23H23NO7. The first-order valence-electron chi connectivity index (χ1n) is 9.77. The second-order valence-electron chi connectivity index (χ2n) is 7.13. The molecule has 8 heteroatoms. The Morgan fingerprint density at radius 1 is 1.16 bits per heavy atom. The summed E-state index contributed by atoms with van der Waals surface area (Å²) in [6.07, 6.45) is 2.32. The number of amides is 1. The van der Waals surface area contributed by atoms with Crippen LogP contribution in [-0.4, -0.2) is 54.6 Å². The van der Waals surface area contributed by atoms with E-state index in [4.69, 9.17) is 14.2 Å². The Hall–Kier alpha value is -3.68. The van der Waals surface area contributed by atoms with Crippen LogP contribution in [0.1, 0.15) is 29.3 Å². The van der Waals surface area contributed by atoms with Gasteiger partial charge in [-0.05, 0) is 24.5 Å². The van der Waals surface area contributed by atoms with Crippen molar-refractivity contribution in [2.24, 2.45) is 5.92 Å². The standard InChI is InChI=1S/C23H23NO7/c1-4-10-29-22(27)20-17(16-8-6-15(13-25)7-9-16)12-18-19(21(26)24(18)20)14(3)31-23(28)30-11-5-2/h4-9,13-14,18-19H,1-2,10-12H2,3H3/t14-,18-,19-/m1/s1. The molecule has 1 aromatic rings. The highest BCUT2D eigenvalue weighted by Crippen LogP contribution is 2.47. The fourth-order valence-electron chi connectivity index (χ4n) is 3.85. The third-order valence-electron chi connectivity index (χ3n) is 5.24. The summed E-state index contributed by atoms with van der Waals surface area (Å²) in [7, 11) is 0. The van der Waals surface area contributed by atoms with E-state index in [0.717, 1.165) is 6.29 Å². The predicted octanol–water partition coefficient (Wildman–Crippen LogP) is 2.90. The molecule has 3 atom stereocenters. The van der Waals surface area contributed by atoms with E-state index in [1.807, 2.05) is 0 Å². The van der Waals surface area contributed by atoms with Crippen molar-refractivity contribution in [2.45, 2.75) is 25.5 Å². The minimum absolute atomic E-state index is 0.00149. The molecule has 0 spiro atoms. The lowest BCUT2D eigenvalue weighted by molar-refractivity contribution is -0.162. The van der Waals surface area contributed by atoms with Crippen molar-refractivity contribution in [1.82, 2.24) is 4.90 Å². The van der Waals surface area contributed by atoms with Gasteiger partial charge in [-0.15, -0.1) is 0 Å². The van der Waals surface area contributed by atoms with Crippen molar-refractivity contribution in [1.29, 1.82) is 0 Å². The fraction of sp³-hybridized carbons (Fsp3) is 0.304. The summed E-state index contributed by atoms with van der Waals surface area (Å²) in [6.45, 7) is 8.60. The van der Waals surface area contributed by atoms with E-state index in [1.54, 1.807) is 31.2 Å². The van der Waals surface area contributed by atoms with Gasteiger partial charge < -0.3 is 19.1 Å². The lowest BCUT2D eigenvalue weighted by Gasteiger charge is -2.45. The van der Waals surface area contributed by atoms with Gasteiger partial charge in [0.1, 0.15) is 31.3 Å². The first-order chi connectivity index (χ1) is 14.9. The largest absolute Gasteiger partial charge is 0.508 e. The average Bonchev–Trinajstić information content (AvgIpc) is 3.11. The summed E-state index contributed by atoms with van der Waals surface area (Å²) >= 11 is 0. The van der Waals surface area contributed by atoms with E-state index in [9.17, 15) is 19.2 Å². The molecule has 2 aliphatic heterocycles. The number of β-lactam (4-membered cyclic amide) rings is 1. The zero-order valence-electron chi connectivity index (χ0n) is 17.1. The molecule has 0 bridgehead atoms. The topological polar surface area (TPSA) is 99.2 Å². The summed E-state index contributed by atoms with van der Waals surface area (Å²) in [5, 5.41) is 0. The van der Waals surface area contributed by atoms with Gasteiger partial charge >= 0.3 is 12.1 Å². The molecule has 1 saturated heterocycles. The summed E-state index contributed by atoms with van der Waals surface area (Å²) in [6, 6.07) is 6.35. The predicted molar refractivity (Wildman–Crippen MR) is 111 cm³/mol. The van der Waals surface area contributed by atoms with Crippen LogP contribution < -0.4 is 0 Å². The summed E-state index contributed by atoms with van der Waals surface area (Å²) in [5.74, 6) is -1.59. The molecular weight excluding hydrogens is 402 g/mol. The molecule has 1 fully saturated rings. The van der Waals surface area contributed by atoms with Gasteiger partial charge in [0.2, 0.25) is 5.91 Å². The lowest BCUT2D eigenvalue weighted by Crippen LogP contribution is -2.62. The number of nitrogens with zero attached hydrogens (tertiary/aromatic N) is 1. The highest BCUT2D eigenvalue weighted by atomic mass is 16.7. The van der Waals surface area contributed by atoms with Gasteiger partial charge in [-0.25, -0.2) is 9.59 Å². The molecule has 0 N–H and O–H groups in total. The molecule has 3 rings (SSSR count). The number of hydrogen-bond acceptors (Lipinski definition) is 7. The third kappa shape index (κ3) is 4.28. The second kappa shape index (κ2) is 9.42. The third-order valence-corrected chi connectivity index (χ3v) is 5.24. The number of hydrogen-bond donors (Lipinski definition) is 0. The minimum Gasteiger partial charge on any atom is -0.457 e. The first-order valence-corrected chi connectivity index (χ1v) is 9.77. The van der Waals surface area contributed by atoms with Crippen LogP contribution in [0.4, 0.5) is 4.79 Å².